The van der Waals surface area contributed by atoms with Gasteiger partial charge in [0.1, 0.15) is 5.01 Å². The average molecular weight is 266 g/mol. The summed E-state index contributed by atoms with van der Waals surface area (Å²) >= 11 is 2.75. The molecule has 0 saturated heterocycles. The van der Waals surface area contributed by atoms with E-state index in [1.807, 2.05) is 6.92 Å². The van der Waals surface area contributed by atoms with Crippen LogP contribution in [-0.2, 0) is 0 Å². The number of amides is 1. The summed E-state index contributed by atoms with van der Waals surface area (Å²) in [4.78, 5) is 11.9. The highest BCUT2D eigenvalue weighted by Crippen LogP contribution is 2.36. The minimum absolute atomic E-state index is 0.405. The van der Waals surface area contributed by atoms with Crippen molar-refractivity contribution in [1.29, 1.82) is 0 Å². The minimum atomic E-state index is -0.499. The molecule has 1 heterocycles. The number of anilines is 1. The second kappa shape index (κ2) is 4.72. The number of carbonyl (C=O) groups excluding carboxylic acids is 1. The Bertz CT molecular complexity index is 567. The number of carbonyl (C=O) groups is 1. The number of rotatable bonds is 3. The van der Waals surface area contributed by atoms with Gasteiger partial charge in [0.2, 0.25) is 5.91 Å². The van der Waals surface area contributed by atoms with Crippen LogP contribution in [0.3, 0.4) is 0 Å². The van der Waals surface area contributed by atoms with E-state index in [0.29, 0.717) is 16.1 Å². The van der Waals surface area contributed by atoms with Gasteiger partial charge in [-0.3, -0.25) is 4.79 Å². The molecule has 1 aromatic carbocycles. The average Bonchev–Trinajstić information content (AvgIpc) is 2.67. The van der Waals surface area contributed by atoms with E-state index in [1.165, 1.54) is 23.1 Å². The van der Waals surface area contributed by atoms with Crippen LogP contribution in [0.25, 0.3) is 0 Å². The molecular weight excluding hydrogens is 256 g/mol. The monoisotopic (exact) mass is 266 g/mol. The molecule has 0 spiro atoms. The fourth-order valence-corrected chi connectivity index (χ4v) is 3.19. The summed E-state index contributed by atoms with van der Waals surface area (Å²) in [6.45, 7) is 1.87. The molecule has 7 heteroatoms. The summed E-state index contributed by atoms with van der Waals surface area (Å²) in [7, 11) is 0. The van der Waals surface area contributed by atoms with Crippen molar-refractivity contribution in [2.45, 2.75) is 16.2 Å². The molecule has 0 atom stereocenters. The van der Waals surface area contributed by atoms with Gasteiger partial charge in [-0.15, -0.1) is 10.2 Å². The predicted octanol–water partition coefficient (Wildman–Crippen LogP) is 1.68. The zero-order valence-corrected chi connectivity index (χ0v) is 10.6. The number of primary amides is 1. The van der Waals surface area contributed by atoms with Crippen LogP contribution < -0.4 is 11.5 Å². The SMILES string of the molecule is Cc1nnc(Sc2c(N)cccc2C(N)=O)s1. The molecule has 0 unspecified atom stereocenters. The van der Waals surface area contributed by atoms with E-state index in [0.717, 1.165) is 9.35 Å². The highest BCUT2D eigenvalue weighted by molar-refractivity contribution is 8.01. The van der Waals surface area contributed by atoms with Crippen LogP contribution in [0.2, 0.25) is 0 Å². The Morgan fingerprint density at radius 2 is 2.18 bits per heavy atom. The molecule has 0 saturated carbocycles. The fraction of sp³-hybridized carbons (Fsp3) is 0.100. The van der Waals surface area contributed by atoms with Crippen LogP contribution in [0, 0.1) is 6.92 Å². The quantitative estimate of drug-likeness (QED) is 0.824. The number of hydrogen-bond acceptors (Lipinski definition) is 6. The van der Waals surface area contributed by atoms with Crippen LogP contribution in [0.5, 0.6) is 0 Å². The molecule has 0 aliphatic carbocycles. The first-order chi connectivity index (χ1) is 8.08. The van der Waals surface area contributed by atoms with Gasteiger partial charge in [0.05, 0.1) is 10.5 Å². The van der Waals surface area contributed by atoms with E-state index < -0.39 is 5.91 Å². The zero-order chi connectivity index (χ0) is 12.4. The lowest BCUT2D eigenvalue weighted by atomic mass is 10.2. The van der Waals surface area contributed by atoms with E-state index in [-0.39, 0.29) is 0 Å². The van der Waals surface area contributed by atoms with Gasteiger partial charge in [-0.05, 0) is 19.1 Å². The van der Waals surface area contributed by atoms with Crippen molar-refractivity contribution in [3.05, 3.63) is 28.8 Å². The Kier molecular flexibility index (Phi) is 3.30. The van der Waals surface area contributed by atoms with Gasteiger partial charge in [0.25, 0.3) is 0 Å². The van der Waals surface area contributed by atoms with Crippen LogP contribution in [-0.4, -0.2) is 16.1 Å². The van der Waals surface area contributed by atoms with E-state index >= 15 is 0 Å². The number of nitrogen functional groups attached to an aromatic ring is 1. The summed E-state index contributed by atoms with van der Waals surface area (Å²) < 4.78 is 0.739. The molecule has 1 amide bonds. The molecular formula is C10H10N4OS2. The standard InChI is InChI=1S/C10H10N4OS2/c1-5-13-14-10(16-5)17-8-6(9(12)15)3-2-4-7(8)11/h2-4H,11H2,1H3,(H2,12,15). The smallest absolute Gasteiger partial charge is 0.249 e. The third-order valence-corrected chi connectivity index (χ3v) is 4.06. The summed E-state index contributed by atoms with van der Waals surface area (Å²) in [5.74, 6) is -0.499. The lowest BCUT2D eigenvalue weighted by Gasteiger charge is -2.06. The molecule has 2 rings (SSSR count). The summed E-state index contributed by atoms with van der Waals surface area (Å²) in [5.41, 5.74) is 12.1. The summed E-state index contributed by atoms with van der Waals surface area (Å²) in [5, 5.41) is 8.75. The summed E-state index contributed by atoms with van der Waals surface area (Å²) in [6.07, 6.45) is 0. The molecule has 0 bridgehead atoms. The number of nitrogens with two attached hydrogens (primary N) is 2. The molecule has 4 N–H and O–H groups in total. The van der Waals surface area contributed by atoms with Crippen molar-refractivity contribution in [1.82, 2.24) is 10.2 Å². The van der Waals surface area contributed by atoms with E-state index in [9.17, 15) is 4.79 Å². The second-order valence-corrected chi connectivity index (χ2v) is 5.72. The maximum absolute atomic E-state index is 11.3. The zero-order valence-electron chi connectivity index (χ0n) is 9.01. The van der Waals surface area contributed by atoms with E-state index in [2.05, 4.69) is 10.2 Å². The van der Waals surface area contributed by atoms with Gasteiger partial charge in [-0.25, -0.2) is 0 Å². The normalized spacial score (nSPS) is 10.4. The van der Waals surface area contributed by atoms with Crippen LogP contribution in [0.1, 0.15) is 15.4 Å². The van der Waals surface area contributed by atoms with E-state index in [4.69, 9.17) is 11.5 Å². The fourth-order valence-electron chi connectivity index (χ4n) is 1.27. The number of aryl methyl sites for hydroxylation is 1. The largest absolute Gasteiger partial charge is 0.398 e. The number of hydrogen-bond donors (Lipinski definition) is 2. The number of benzene rings is 1. The molecule has 1 aromatic heterocycles. The molecule has 2 aromatic rings. The molecule has 17 heavy (non-hydrogen) atoms. The Labute approximate surface area is 106 Å². The van der Waals surface area contributed by atoms with Gasteiger partial charge in [0, 0.05) is 5.69 Å². The highest BCUT2D eigenvalue weighted by atomic mass is 32.2. The topological polar surface area (TPSA) is 94.9 Å². The molecule has 0 radical (unpaired) electrons. The molecule has 0 fully saturated rings. The number of aromatic nitrogens is 2. The Balaban J connectivity index is 2.40. The molecule has 0 aliphatic heterocycles. The molecule has 5 nitrogen and oxygen atoms in total. The van der Waals surface area contributed by atoms with Crippen molar-refractivity contribution in [2.75, 3.05) is 5.73 Å². The van der Waals surface area contributed by atoms with Crippen molar-refractivity contribution in [2.24, 2.45) is 5.73 Å². The second-order valence-electron chi connectivity index (χ2n) is 3.28. The maximum Gasteiger partial charge on any atom is 0.249 e. The molecule has 88 valence electrons. The Morgan fingerprint density at radius 3 is 2.76 bits per heavy atom. The van der Waals surface area contributed by atoms with Crippen molar-refractivity contribution >= 4 is 34.7 Å². The lowest BCUT2D eigenvalue weighted by Crippen LogP contribution is -2.12. The maximum atomic E-state index is 11.3. The van der Waals surface area contributed by atoms with Crippen molar-refractivity contribution in [3.8, 4) is 0 Å². The van der Waals surface area contributed by atoms with Crippen molar-refractivity contribution < 1.29 is 4.79 Å². The van der Waals surface area contributed by atoms with Crippen LogP contribution in [0.4, 0.5) is 5.69 Å². The Morgan fingerprint density at radius 1 is 1.41 bits per heavy atom. The lowest BCUT2D eigenvalue weighted by molar-refractivity contribution is 0.0997. The minimum Gasteiger partial charge on any atom is -0.398 e. The first kappa shape index (κ1) is 11.9. The summed E-state index contributed by atoms with van der Waals surface area (Å²) in [6, 6.07) is 5.07. The van der Waals surface area contributed by atoms with Gasteiger partial charge >= 0.3 is 0 Å². The van der Waals surface area contributed by atoms with Gasteiger partial charge in [0.15, 0.2) is 4.34 Å². The first-order valence-corrected chi connectivity index (χ1v) is 6.37. The first-order valence-electron chi connectivity index (χ1n) is 4.74. The van der Waals surface area contributed by atoms with E-state index in [1.54, 1.807) is 18.2 Å². The van der Waals surface area contributed by atoms with Gasteiger partial charge < -0.3 is 11.5 Å². The van der Waals surface area contributed by atoms with Gasteiger partial charge in [-0.2, -0.15) is 0 Å². The predicted molar refractivity (Wildman–Crippen MR) is 68.1 cm³/mol. The Hall–Kier alpha value is -1.60. The van der Waals surface area contributed by atoms with Gasteiger partial charge in [-0.1, -0.05) is 29.2 Å². The highest BCUT2D eigenvalue weighted by Gasteiger charge is 2.14. The van der Waals surface area contributed by atoms with Crippen LogP contribution in [0.15, 0.2) is 27.4 Å². The van der Waals surface area contributed by atoms with Crippen LogP contribution >= 0.6 is 23.1 Å². The number of nitrogens with zero attached hydrogens (tertiary/aromatic N) is 2. The third-order valence-electron chi connectivity index (χ3n) is 2.01. The van der Waals surface area contributed by atoms with Crippen molar-refractivity contribution in [3.63, 3.8) is 0 Å². The molecule has 0 aliphatic rings. The third kappa shape index (κ3) is 2.56.